The molecule has 0 unspecified atom stereocenters. The monoisotopic (exact) mass is 300 g/mol. The van der Waals surface area contributed by atoms with Crippen LogP contribution in [0.4, 0.5) is 0 Å². The molecule has 120 valence electrons. The van der Waals surface area contributed by atoms with Gasteiger partial charge in [0.15, 0.2) is 0 Å². The highest BCUT2D eigenvalue weighted by atomic mass is 16.3. The van der Waals surface area contributed by atoms with Crippen LogP contribution in [0.25, 0.3) is 0 Å². The molecule has 1 heterocycles. The molecular formula is C20H28O2. The van der Waals surface area contributed by atoms with E-state index in [1.165, 1.54) is 28.7 Å². The van der Waals surface area contributed by atoms with Gasteiger partial charge in [0.2, 0.25) is 0 Å². The predicted molar refractivity (Wildman–Crippen MR) is 90.0 cm³/mol. The Bertz CT molecular complexity index is 603. The van der Waals surface area contributed by atoms with Crippen LogP contribution in [0.5, 0.6) is 0 Å². The topological polar surface area (TPSA) is 33.4 Å². The number of allylic oxidation sites excluding steroid dienone is 1. The molecule has 2 aliphatic rings. The average molecular weight is 300 g/mol. The smallest absolute Gasteiger partial charge is 0.111 e. The van der Waals surface area contributed by atoms with Gasteiger partial charge < -0.3 is 9.52 Å². The quantitative estimate of drug-likeness (QED) is 0.704. The zero-order valence-electron chi connectivity index (χ0n) is 14.1. The number of furan rings is 1. The molecule has 2 aliphatic carbocycles. The summed E-state index contributed by atoms with van der Waals surface area (Å²) in [4.78, 5) is 0. The third-order valence-corrected chi connectivity index (χ3v) is 5.63. The van der Waals surface area contributed by atoms with E-state index in [2.05, 4.69) is 27.4 Å². The predicted octanol–water partition coefficient (Wildman–Crippen LogP) is 4.71. The first-order chi connectivity index (χ1) is 10.4. The van der Waals surface area contributed by atoms with Crippen LogP contribution in [0.15, 0.2) is 34.5 Å². The molecule has 0 saturated carbocycles. The highest BCUT2D eigenvalue weighted by molar-refractivity contribution is 5.40. The molecule has 1 aromatic heterocycles. The highest BCUT2D eigenvalue weighted by Crippen LogP contribution is 2.46. The maximum absolute atomic E-state index is 10.2. The highest BCUT2D eigenvalue weighted by Gasteiger charge is 2.39. The molecule has 2 bridgehead atoms. The molecule has 1 aromatic rings. The van der Waals surface area contributed by atoms with Crippen molar-refractivity contribution in [2.45, 2.75) is 70.8 Å². The second-order valence-corrected chi connectivity index (χ2v) is 7.77. The van der Waals surface area contributed by atoms with Crippen molar-refractivity contribution >= 4 is 0 Å². The molecule has 0 amide bonds. The maximum atomic E-state index is 10.2. The van der Waals surface area contributed by atoms with Crippen molar-refractivity contribution in [1.29, 1.82) is 0 Å². The van der Waals surface area contributed by atoms with Gasteiger partial charge in [-0.15, -0.1) is 0 Å². The van der Waals surface area contributed by atoms with E-state index in [4.69, 9.17) is 4.42 Å². The fraction of sp³-hybridized carbons (Fsp3) is 0.600. The van der Waals surface area contributed by atoms with Gasteiger partial charge in [0.05, 0.1) is 12.4 Å². The van der Waals surface area contributed by atoms with Crippen LogP contribution in [-0.4, -0.2) is 11.2 Å². The number of rotatable bonds is 0. The second kappa shape index (κ2) is 5.73. The van der Waals surface area contributed by atoms with Gasteiger partial charge in [0.1, 0.15) is 5.76 Å². The number of fused-ring (bicyclic) bond motifs is 1. The second-order valence-electron chi connectivity index (χ2n) is 7.77. The van der Waals surface area contributed by atoms with Crippen LogP contribution in [0, 0.1) is 5.92 Å². The number of hydrogen-bond donors (Lipinski definition) is 1. The molecule has 2 atom stereocenters. The van der Waals surface area contributed by atoms with E-state index >= 15 is 0 Å². The zero-order chi connectivity index (χ0) is 15.9. The van der Waals surface area contributed by atoms with Gasteiger partial charge in [0.25, 0.3) is 0 Å². The molecule has 0 aliphatic heterocycles. The van der Waals surface area contributed by atoms with E-state index in [1.54, 1.807) is 0 Å². The standard InChI is InChI=1S/C20H28O2/c1-13-5-7-16-8-6-15-12-22-18(19(15)20(16,3)4)11-14(2)10-17(21)9-13/h10,12,16-17,21H,1,5-9,11H2,2-4H3/t16-,17-/m1/s1. The van der Waals surface area contributed by atoms with Crippen LogP contribution in [0.1, 0.15) is 63.3 Å². The molecule has 0 saturated heterocycles. The van der Waals surface area contributed by atoms with Crippen molar-refractivity contribution in [3.05, 3.63) is 47.0 Å². The third kappa shape index (κ3) is 2.81. The first kappa shape index (κ1) is 15.6. The van der Waals surface area contributed by atoms with Crippen LogP contribution in [0.2, 0.25) is 0 Å². The van der Waals surface area contributed by atoms with Crippen LogP contribution in [-0.2, 0) is 18.3 Å². The minimum absolute atomic E-state index is 0.161. The molecule has 0 aromatic carbocycles. The summed E-state index contributed by atoms with van der Waals surface area (Å²) in [6.45, 7) is 11.0. The first-order valence-electron chi connectivity index (χ1n) is 8.49. The van der Waals surface area contributed by atoms with Crippen molar-refractivity contribution in [2.75, 3.05) is 0 Å². The van der Waals surface area contributed by atoms with Crippen LogP contribution < -0.4 is 0 Å². The van der Waals surface area contributed by atoms with E-state index < -0.39 is 6.10 Å². The number of hydrogen-bond acceptors (Lipinski definition) is 2. The zero-order valence-corrected chi connectivity index (χ0v) is 14.1. The lowest BCUT2D eigenvalue weighted by Gasteiger charge is -2.40. The van der Waals surface area contributed by atoms with Gasteiger partial charge in [-0.25, -0.2) is 0 Å². The molecule has 2 nitrogen and oxygen atoms in total. The van der Waals surface area contributed by atoms with Crippen molar-refractivity contribution < 1.29 is 9.52 Å². The summed E-state index contributed by atoms with van der Waals surface area (Å²) >= 11 is 0. The fourth-order valence-corrected chi connectivity index (χ4v) is 4.40. The maximum Gasteiger partial charge on any atom is 0.111 e. The Morgan fingerprint density at radius 1 is 1.27 bits per heavy atom. The van der Waals surface area contributed by atoms with Crippen molar-refractivity contribution in [3.8, 4) is 0 Å². The molecule has 1 N–H and O–H groups in total. The largest absolute Gasteiger partial charge is 0.468 e. The minimum atomic E-state index is -0.417. The fourth-order valence-electron chi connectivity index (χ4n) is 4.40. The summed E-state index contributed by atoms with van der Waals surface area (Å²) in [6, 6.07) is 0. The summed E-state index contributed by atoms with van der Waals surface area (Å²) in [6.07, 6.45) is 9.52. The van der Waals surface area contributed by atoms with Gasteiger partial charge in [-0.2, -0.15) is 0 Å². The Kier molecular flexibility index (Phi) is 4.07. The molecule has 22 heavy (non-hydrogen) atoms. The lowest BCUT2D eigenvalue weighted by molar-refractivity contribution is 0.217. The summed E-state index contributed by atoms with van der Waals surface area (Å²) in [5.74, 6) is 1.76. The van der Waals surface area contributed by atoms with Crippen LogP contribution in [0.3, 0.4) is 0 Å². The number of aliphatic hydroxyl groups excluding tert-OH is 1. The van der Waals surface area contributed by atoms with Gasteiger partial charge in [-0.05, 0) is 55.9 Å². The molecule has 2 heteroatoms. The van der Waals surface area contributed by atoms with Crippen molar-refractivity contribution in [2.24, 2.45) is 5.92 Å². The van der Waals surface area contributed by atoms with E-state index in [-0.39, 0.29) is 5.41 Å². The Balaban J connectivity index is 2.04. The van der Waals surface area contributed by atoms with E-state index in [0.29, 0.717) is 12.3 Å². The lowest BCUT2D eigenvalue weighted by atomic mass is 9.64. The SMILES string of the molecule is C=C1CC[C@@H]2CCc3coc(c3C2(C)C)CC(C)=C[C@H](O)C1. The molecule has 0 spiro atoms. The van der Waals surface area contributed by atoms with Gasteiger partial charge >= 0.3 is 0 Å². The van der Waals surface area contributed by atoms with E-state index in [1.807, 2.05) is 12.3 Å². The van der Waals surface area contributed by atoms with Gasteiger partial charge in [-0.3, -0.25) is 0 Å². The summed E-state index contributed by atoms with van der Waals surface area (Å²) in [5.41, 5.74) is 5.33. The molecule has 0 radical (unpaired) electrons. The number of aliphatic hydroxyl groups is 1. The summed E-state index contributed by atoms with van der Waals surface area (Å²) in [7, 11) is 0. The van der Waals surface area contributed by atoms with Crippen molar-refractivity contribution in [1.82, 2.24) is 0 Å². The third-order valence-electron chi connectivity index (χ3n) is 5.63. The first-order valence-corrected chi connectivity index (χ1v) is 8.49. The Morgan fingerprint density at radius 3 is 2.77 bits per heavy atom. The summed E-state index contributed by atoms with van der Waals surface area (Å²) in [5, 5.41) is 10.2. The minimum Gasteiger partial charge on any atom is -0.468 e. The molecule has 0 fully saturated rings. The Morgan fingerprint density at radius 2 is 2.00 bits per heavy atom. The molecular weight excluding hydrogens is 272 g/mol. The molecule has 3 rings (SSSR count). The summed E-state index contributed by atoms with van der Waals surface area (Å²) < 4.78 is 5.93. The Hall–Kier alpha value is -1.28. The Labute approximate surface area is 133 Å². The van der Waals surface area contributed by atoms with E-state index in [0.717, 1.165) is 31.4 Å². The van der Waals surface area contributed by atoms with Crippen LogP contribution >= 0.6 is 0 Å². The van der Waals surface area contributed by atoms with Gasteiger partial charge in [0, 0.05) is 12.0 Å². The number of aryl methyl sites for hydroxylation is 1. The normalized spacial score (nSPS) is 28.5. The van der Waals surface area contributed by atoms with Crippen molar-refractivity contribution in [3.63, 3.8) is 0 Å². The lowest BCUT2D eigenvalue weighted by Crippen LogP contribution is -2.34. The van der Waals surface area contributed by atoms with Gasteiger partial charge in [-0.1, -0.05) is 37.6 Å². The average Bonchev–Trinajstić information content (AvgIpc) is 2.80. The van der Waals surface area contributed by atoms with E-state index in [9.17, 15) is 5.11 Å².